The van der Waals surface area contributed by atoms with E-state index in [1.807, 2.05) is 18.2 Å². The average molecular weight is 252 g/mol. The van der Waals surface area contributed by atoms with Crippen LogP contribution in [-0.4, -0.2) is 5.78 Å². The molecular formula is C18H20O. The molecule has 0 bridgehead atoms. The van der Waals surface area contributed by atoms with Crippen LogP contribution in [0.2, 0.25) is 0 Å². The highest BCUT2D eigenvalue weighted by Crippen LogP contribution is 2.16. The number of hydrogen-bond donors (Lipinski definition) is 0. The van der Waals surface area contributed by atoms with Crippen LogP contribution >= 0.6 is 0 Å². The fourth-order valence-corrected chi connectivity index (χ4v) is 2.50. The Balaban J connectivity index is 2.17. The minimum Gasteiger partial charge on any atom is -0.295 e. The third kappa shape index (κ3) is 3.31. The predicted molar refractivity (Wildman–Crippen MR) is 79.7 cm³/mol. The van der Waals surface area contributed by atoms with Crippen LogP contribution in [-0.2, 0) is 19.3 Å². The maximum atomic E-state index is 11.6. The van der Waals surface area contributed by atoms with Gasteiger partial charge in [0.1, 0.15) is 0 Å². The molecule has 0 saturated carbocycles. The summed E-state index contributed by atoms with van der Waals surface area (Å²) in [6, 6.07) is 16.5. The van der Waals surface area contributed by atoms with Gasteiger partial charge in [-0.3, -0.25) is 4.79 Å². The highest BCUT2D eigenvalue weighted by atomic mass is 16.1. The first-order chi connectivity index (χ1) is 9.22. The molecule has 0 aliphatic heterocycles. The molecule has 0 spiro atoms. The monoisotopic (exact) mass is 252 g/mol. The van der Waals surface area contributed by atoms with Gasteiger partial charge in [-0.1, -0.05) is 55.5 Å². The van der Waals surface area contributed by atoms with Crippen molar-refractivity contribution in [3.05, 3.63) is 70.8 Å². The van der Waals surface area contributed by atoms with Gasteiger partial charge in [-0.15, -0.1) is 0 Å². The van der Waals surface area contributed by atoms with E-state index < -0.39 is 0 Å². The van der Waals surface area contributed by atoms with Gasteiger partial charge in [-0.05, 0) is 42.9 Å². The third-order valence-corrected chi connectivity index (χ3v) is 3.56. The van der Waals surface area contributed by atoms with Crippen molar-refractivity contribution in [2.24, 2.45) is 0 Å². The zero-order valence-electron chi connectivity index (χ0n) is 11.6. The summed E-state index contributed by atoms with van der Waals surface area (Å²) in [6.07, 6.45) is 2.98. The van der Waals surface area contributed by atoms with E-state index in [1.165, 1.54) is 11.1 Å². The van der Waals surface area contributed by atoms with Crippen LogP contribution in [0.4, 0.5) is 0 Å². The number of carbonyl (C=O) groups excluding carboxylic acids is 1. The second-order valence-electron chi connectivity index (χ2n) is 4.84. The number of carbonyl (C=O) groups is 1. The Labute approximate surface area is 115 Å². The lowest BCUT2D eigenvalue weighted by molar-refractivity contribution is 0.101. The van der Waals surface area contributed by atoms with Gasteiger partial charge in [-0.2, -0.15) is 0 Å². The Bertz CT molecular complexity index is 569. The van der Waals surface area contributed by atoms with Crippen LogP contribution in [0.15, 0.2) is 48.5 Å². The van der Waals surface area contributed by atoms with Crippen LogP contribution in [0.5, 0.6) is 0 Å². The molecule has 19 heavy (non-hydrogen) atoms. The minimum absolute atomic E-state index is 0.152. The van der Waals surface area contributed by atoms with Crippen LogP contribution in [0.3, 0.4) is 0 Å². The zero-order chi connectivity index (χ0) is 13.7. The van der Waals surface area contributed by atoms with Crippen LogP contribution in [0, 0.1) is 0 Å². The lowest BCUT2D eigenvalue weighted by Crippen LogP contribution is -2.02. The summed E-state index contributed by atoms with van der Waals surface area (Å²) in [5.74, 6) is 0.152. The molecule has 0 aliphatic carbocycles. The van der Waals surface area contributed by atoms with Gasteiger partial charge < -0.3 is 0 Å². The SMILES string of the molecule is CCc1ccccc1CCc1ccccc1C(C)=O. The van der Waals surface area contributed by atoms with Crippen LogP contribution in [0.25, 0.3) is 0 Å². The molecule has 0 heterocycles. The molecule has 2 aromatic carbocycles. The molecule has 1 heteroatoms. The van der Waals surface area contributed by atoms with Gasteiger partial charge in [-0.25, -0.2) is 0 Å². The summed E-state index contributed by atoms with van der Waals surface area (Å²) >= 11 is 0. The Morgan fingerprint density at radius 3 is 2.00 bits per heavy atom. The number of hydrogen-bond acceptors (Lipinski definition) is 1. The summed E-state index contributed by atoms with van der Waals surface area (Å²) in [6.45, 7) is 3.82. The van der Waals surface area contributed by atoms with Crippen molar-refractivity contribution in [3.63, 3.8) is 0 Å². The second-order valence-corrected chi connectivity index (χ2v) is 4.84. The lowest BCUT2D eigenvalue weighted by atomic mass is 9.95. The number of rotatable bonds is 5. The highest BCUT2D eigenvalue weighted by molar-refractivity contribution is 5.95. The van der Waals surface area contributed by atoms with Crippen molar-refractivity contribution in [1.82, 2.24) is 0 Å². The lowest BCUT2D eigenvalue weighted by Gasteiger charge is -2.09. The molecule has 1 nitrogen and oxygen atoms in total. The van der Waals surface area contributed by atoms with Gasteiger partial charge in [0.05, 0.1) is 0 Å². The fourth-order valence-electron chi connectivity index (χ4n) is 2.50. The molecule has 0 aliphatic rings. The zero-order valence-corrected chi connectivity index (χ0v) is 11.6. The van der Waals surface area contributed by atoms with Crippen molar-refractivity contribution < 1.29 is 4.79 Å². The van der Waals surface area contributed by atoms with Crippen molar-refractivity contribution in [2.75, 3.05) is 0 Å². The first kappa shape index (κ1) is 13.5. The van der Waals surface area contributed by atoms with Gasteiger partial charge in [0.2, 0.25) is 0 Å². The number of ketones is 1. The van der Waals surface area contributed by atoms with Crippen LogP contribution < -0.4 is 0 Å². The highest BCUT2D eigenvalue weighted by Gasteiger charge is 2.07. The minimum atomic E-state index is 0.152. The van der Waals surface area contributed by atoms with E-state index in [4.69, 9.17) is 0 Å². The predicted octanol–water partition coefficient (Wildman–Crippen LogP) is 4.24. The summed E-state index contributed by atoms with van der Waals surface area (Å²) in [4.78, 5) is 11.6. The summed E-state index contributed by atoms with van der Waals surface area (Å²) in [5, 5.41) is 0. The van der Waals surface area contributed by atoms with Crippen molar-refractivity contribution in [1.29, 1.82) is 0 Å². The number of Topliss-reactive ketones (excluding diaryl/α,β-unsaturated/α-hetero) is 1. The first-order valence-corrected chi connectivity index (χ1v) is 6.88. The number of aryl methyl sites for hydroxylation is 3. The van der Waals surface area contributed by atoms with Gasteiger partial charge in [0.25, 0.3) is 0 Å². The average Bonchev–Trinajstić information content (AvgIpc) is 2.45. The standard InChI is InChI=1S/C18H20O/c1-3-15-8-4-5-9-16(15)12-13-17-10-6-7-11-18(17)14(2)19/h4-11H,3,12-13H2,1-2H3. The third-order valence-electron chi connectivity index (χ3n) is 3.56. The van der Waals surface area contributed by atoms with Gasteiger partial charge in [0.15, 0.2) is 5.78 Å². The largest absolute Gasteiger partial charge is 0.295 e. The molecule has 0 N–H and O–H groups in total. The normalized spacial score (nSPS) is 10.4. The molecule has 0 amide bonds. The molecule has 0 saturated heterocycles. The molecule has 0 fully saturated rings. The van der Waals surface area contributed by atoms with E-state index >= 15 is 0 Å². The number of benzene rings is 2. The second kappa shape index (κ2) is 6.33. The maximum Gasteiger partial charge on any atom is 0.160 e. The first-order valence-electron chi connectivity index (χ1n) is 6.88. The molecule has 0 atom stereocenters. The molecule has 0 aromatic heterocycles. The molecule has 98 valence electrons. The van der Waals surface area contributed by atoms with E-state index in [0.717, 1.165) is 30.4 Å². The fraction of sp³-hybridized carbons (Fsp3) is 0.278. The van der Waals surface area contributed by atoms with Gasteiger partial charge >= 0.3 is 0 Å². The van der Waals surface area contributed by atoms with E-state index in [9.17, 15) is 4.79 Å². The van der Waals surface area contributed by atoms with Crippen LogP contribution in [0.1, 0.15) is 40.9 Å². The Hall–Kier alpha value is -1.89. The topological polar surface area (TPSA) is 17.1 Å². The Morgan fingerprint density at radius 2 is 1.37 bits per heavy atom. The summed E-state index contributed by atoms with van der Waals surface area (Å²) in [5.41, 5.74) is 4.81. The molecular weight excluding hydrogens is 232 g/mol. The van der Waals surface area contributed by atoms with E-state index in [1.54, 1.807) is 6.92 Å². The maximum absolute atomic E-state index is 11.6. The molecule has 2 rings (SSSR count). The summed E-state index contributed by atoms with van der Waals surface area (Å²) in [7, 11) is 0. The van der Waals surface area contributed by atoms with Crippen molar-refractivity contribution in [2.45, 2.75) is 33.1 Å². The Morgan fingerprint density at radius 1 is 0.842 bits per heavy atom. The summed E-state index contributed by atoms with van der Waals surface area (Å²) < 4.78 is 0. The quantitative estimate of drug-likeness (QED) is 0.727. The molecule has 0 radical (unpaired) electrons. The van der Waals surface area contributed by atoms with Gasteiger partial charge in [0, 0.05) is 5.56 Å². The Kier molecular flexibility index (Phi) is 4.51. The molecule has 0 unspecified atom stereocenters. The smallest absolute Gasteiger partial charge is 0.160 e. The molecule has 2 aromatic rings. The van der Waals surface area contributed by atoms with Crippen molar-refractivity contribution in [3.8, 4) is 0 Å². The van der Waals surface area contributed by atoms with E-state index in [2.05, 4.69) is 37.3 Å². The van der Waals surface area contributed by atoms with E-state index in [0.29, 0.717) is 0 Å². The van der Waals surface area contributed by atoms with Crippen molar-refractivity contribution >= 4 is 5.78 Å². The van der Waals surface area contributed by atoms with E-state index in [-0.39, 0.29) is 5.78 Å².